The number of hydrogen-bond acceptors (Lipinski definition) is 4. The van der Waals surface area contributed by atoms with Crippen molar-refractivity contribution in [3.63, 3.8) is 0 Å². The number of carbonyl (C=O) groups excluding carboxylic acids is 1. The van der Waals surface area contributed by atoms with Gasteiger partial charge in [-0.1, -0.05) is 73.5 Å². The Kier molecular flexibility index (Phi) is 9.32. The van der Waals surface area contributed by atoms with Gasteiger partial charge in [0.15, 0.2) is 0 Å². The molecule has 2 N–H and O–H groups in total. The van der Waals surface area contributed by atoms with Crippen molar-refractivity contribution in [3.8, 4) is 0 Å². The lowest BCUT2D eigenvalue weighted by Crippen LogP contribution is -2.49. The number of nitrogens with zero attached hydrogens (tertiary/aromatic N) is 1. The van der Waals surface area contributed by atoms with Crippen molar-refractivity contribution < 1.29 is 9.72 Å². The lowest BCUT2D eigenvalue weighted by molar-refractivity contribution is -0.384. The van der Waals surface area contributed by atoms with Crippen LogP contribution in [0.2, 0.25) is 0 Å². The quantitative estimate of drug-likeness (QED) is 0.183. The maximum atomic E-state index is 12.1. The predicted molar refractivity (Wildman–Crippen MR) is 102 cm³/mol. The second-order valence-corrected chi connectivity index (χ2v) is 8.03. The number of non-ortho nitro benzene ring substituents is 1. The van der Waals surface area contributed by atoms with Crippen LogP contribution in [0.5, 0.6) is 0 Å². The number of nitrogens with one attached hydrogen (secondary N) is 2. The first-order chi connectivity index (χ1) is 11.7. The number of unbranched alkanes of at least 4 members (excludes halogenated alkanes) is 4. The Bertz CT molecular complexity index is 579. The number of rotatable bonds is 10. The molecule has 0 saturated heterocycles. The lowest BCUT2D eigenvalue weighted by atomic mass is 10.1. The van der Waals surface area contributed by atoms with Gasteiger partial charge in [0.1, 0.15) is 6.17 Å². The summed E-state index contributed by atoms with van der Waals surface area (Å²) in [5, 5.41) is 16.3. The van der Waals surface area contributed by atoms with Gasteiger partial charge in [0, 0.05) is 24.2 Å². The van der Waals surface area contributed by atoms with Crippen LogP contribution in [0.3, 0.4) is 0 Å². The molecule has 6 nitrogen and oxygen atoms in total. The Morgan fingerprint density at radius 1 is 1.24 bits per heavy atom. The first-order valence-electron chi connectivity index (χ1n) is 8.11. The fraction of sp³-hybridized carbons (Fsp3) is 0.562. The summed E-state index contributed by atoms with van der Waals surface area (Å²) >= 11 is 17.8. The van der Waals surface area contributed by atoms with Crippen molar-refractivity contribution in [2.24, 2.45) is 0 Å². The molecule has 0 unspecified atom stereocenters. The van der Waals surface area contributed by atoms with E-state index in [-0.39, 0.29) is 11.6 Å². The Morgan fingerprint density at radius 3 is 2.52 bits per heavy atom. The average molecular weight is 411 g/mol. The topological polar surface area (TPSA) is 84.3 Å². The van der Waals surface area contributed by atoms with E-state index < -0.39 is 14.9 Å². The highest BCUT2D eigenvalue weighted by molar-refractivity contribution is 6.68. The molecule has 0 aliphatic rings. The van der Waals surface area contributed by atoms with E-state index in [1.807, 2.05) is 0 Å². The largest absolute Gasteiger partial charge is 0.362 e. The van der Waals surface area contributed by atoms with Crippen LogP contribution in [0.25, 0.3) is 0 Å². The predicted octanol–water partition coefficient (Wildman–Crippen LogP) is 5.18. The second kappa shape index (κ2) is 10.7. The van der Waals surface area contributed by atoms with Crippen LogP contribution in [0.4, 0.5) is 11.4 Å². The number of hydrogen-bond donors (Lipinski definition) is 2. The minimum Gasteiger partial charge on any atom is -0.362 e. The minimum absolute atomic E-state index is 0.102. The summed E-state index contributed by atoms with van der Waals surface area (Å²) in [6, 6.07) is 5.75. The van der Waals surface area contributed by atoms with E-state index >= 15 is 0 Å². The highest BCUT2D eigenvalue weighted by Crippen LogP contribution is 2.31. The number of nitro benzene ring substituents is 1. The standard InChI is InChI=1S/C16H22Cl3N3O3/c1-2-3-4-5-6-10-14(23)21-15(16(17,18)19)20-12-8-7-9-13(11-12)22(24)25/h7-9,11,15,20H,2-6,10H2,1H3,(H,21,23)/t15-/m1/s1. The first-order valence-corrected chi connectivity index (χ1v) is 9.24. The van der Waals surface area contributed by atoms with Crippen molar-refractivity contribution in [3.05, 3.63) is 34.4 Å². The molecule has 0 spiro atoms. The third-order valence-corrected chi connectivity index (χ3v) is 4.16. The maximum Gasteiger partial charge on any atom is 0.271 e. The van der Waals surface area contributed by atoms with Gasteiger partial charge in [-0.3, -0.25) is 14.9 Å². The van der Waals surface area contributed by atoms with E-state index in [2.05, 4.69) is 17.6 Å². The molecular weight excluding hydrogens is 389 g/mol. The number of carbonyl (C=O) groups is 1. The molecule has 0 fully saturated rings. The van der Waals surface area contributed by atoms with Crippen LogP contribution in [-0.4, -0.2) is 20.8 Å². The molecule has 0 aliphatic carbocycles. The molecule has 1 atom stereocenters. The summed E-state index contributed by atoms with van der Waals surface area (Å²) in [6.45, 7) is 2.12. The fourth-order valence-corrected chi connectivity index (χ4v) is 2.53. The van der Waals surface area contributed by atoms with E-state index in [1.54, 1.807) is 6.07 Å². The SMILES string of the molecule is CCCCCCCC(=O)N[C@@H](Nc1cccc([N+](=O)[O-])c1)C(Cl)(Cl)Cl. The molecule has 0 radical (unpaired) electrons. The van der Waals surface area contributed by atoms with Crippen molar-refractivity contribution in [1.82, 2.24) is 5.32 Å². The first kappa shape index (κ1) is 21.8. The zero-order valence-corrected chi connectivity index (χ0v) is 16.2. The van der Waals surface area contributed by atoms with Crippen LogP contribution in [-0.2, 0) is 4.79 Å². The molecular formula is C16H22Cl3N3O3. The smallest absolute Gasteiger partial charge is 0.271 e. The van der Waals surface area contributed by atoms with Gasteiger partial charge in [0.2, 0.25) is 9.70 Å². The average Bonchev–Trinajstić information content (AvgIpc) is 2.53. The van der Waals surface area contributed by atoms with Crippen molar-refractivity contribution in [2.45, 2.75) is 55.4 Å². The Morgan fingerprint density at radius 2 is 1.92 bits per heavy atom. The summed E-state index contributed by atoms with van der Waals surface area (Å²) in [7, 11) is 0. The third-order valence-electron chi connectivity index (χ3n) is 3.51. The van der Waals surface area contributed by atoms with Gasteiger partial charge in [0.05, 0.1) is 4.92 Å². The van der Waals surface area contributed by atoms with Crippen molar-refractivity contribution in [2.75, 3.05) is 5.32 Å². The second-order valence-electron chi connectivity index (χ2n) is 5.66. The summed E-state index contributed by atoms with van der Waals surface area (Å²) in [5.41, 5.74) is 0.268. The van der Waals surface area contributed by atoms with Gasteiger partial charge < -0.3 is 10.6 Å². The summed E-state index contributed by atoms with van der Waals surface area (Å²) in [6.07, 6.45) is 4.41. The maximum absolute atomic E-state index is 12.1. The molecule has 0 bridgehead atoms. The van der Waals surface area contributed by atoms with E-state index in [0.717, 1.165) is 32.1 Å². The Balaban J connectivity index is 2.64. The van der Waals surface area contributed by atoms with E-state index in [0.29, 0.717) is 12.1 Å². The van der Waals surface area contributed by atoms with Gasteiger partial charge >= 0.3 is 0 Å². The monoisotopic (exact) mass is 409 g/mol. The van der Waals surface area contributed by atoms with Crippen LogP contribution in [0, 0.1) is 10.1 Å². The van der Waals surface area contributed by atoms with E-state index in [9.17, 15) is 14.9 Å². The Hall–Kier alpha value is -1.24. The van der Waals surface area contributed by atoms with Crippen LogP contribution in [0.1, 0.15) is 45.4 Å². The molecule has 0 aliphatic heterocycles. The van der Waals surface area contributed by atoms with Gasteiger partial charge in [-0.2, -0.15) is 0 Å². The summed E-state index contributed by atoms with van der Waals surface area (Å²) < 4.78 is -1.82. The summed E-state index contributed by atoms with van der Waals surface area (Å²) in [4.78, 5) is 22.4. The molecule has 140 valence electrons. The zero-order valence-electron chi connectivity index (χ0n) is 13.9. The molecule has 25 heavy (non-hydrogen) atoms. The van der Waals surface area contributed by atoms with Crippen LogP contribution in [0.15, 0.2) is 24.3 Å². The minimum atomic E-state index is -1.82. The van der Waals surface area contributed by atoms with Gasteiger partial charge in [-0.15, -0.1) is 0 Å². The molecule has 0 heterocycles. The number of alkyl halides is 3. The van der Waals surface area contributed by atoms with Crippen molar-refractivity contribution >= 4 is 52.1 Å². The molecule has 1 aromatic rings. The third kappa shape index (κ3) is 8.61. The van der Waals surface area contributed by atoms with Crippen molar-refractivity contribution in [1.29, 1.82) is 0 Å². The Labute approximate surface area is 162 Å². The van der Waals surface area contributed by atoms with Crippen LogP contribution < -0.4 is 10.6 Å². The molecule has 1 amide bonds. The zero-order chi connectivity index (χ0) is 18.9. The van der Waals surface area contributed by atoms with E-state index in [1.165, 1.54) is 18.2 Å². The molecule has 9 heteroatoms. The highest BCUT2D eigenvalue weighted by atomic mass is 35.6. The molecule has 1 aromatic carbocycles. The van der Waals surface area contributed by atoms with Gasteiger partial charge in [-0.25, -0.2) is 0 Å². The number of nitro groups is 1. The summed E-state index contributed by atoms with van der Waals surface area (Å²) in [5.74, 6) is -0.245. The van der Waals surface area contributed by atoms with Gasteiger partial charge in [-0.05, 0) is 12.5 Å². The molecule has 0 saturated carbocycles. The number of benzene rings is 1. The number of amides is 1. The normalized spacial score (nSPS) is 12.5. The fourth-order valence-electron chi connectivity index (χ4n) is 2.20. The van der Waals surface area contributed by atoms with E-state index in [4.69, 9.17) is 34.8 Å². The number of anilines is 1. The van der Waals surface area contributed by atoms with Crippen LogP contribution >= 0.6 is 34.8 Å². The lowest BCUT2D eigenvalue weighted by Gasteiger charge is -2.27. The highest BCUT2D eigenvalue weighted by Gasteiger charge is 2.34. The molecule has 1 rings (SSSR count). The number of halogens is 3. The molecule has 0 aromatic heterocycles. The van der Waals surface area contributed by atoms with Gasteiger partial charge in [0.25, 0.3) is 5.69 Å².